The highest BCUT2D eigenvalue weighted by Crippen LogP contribution is 2.26. The maximum absolute atomic E-state index is 13.3. The minimum absolute atomic E-state index is 0.157. The zero-order chi connectivity index (χ0) is 19.5. The van der Waals surface area contributed by atoms with E-state index in [1.807, 2.05) is 30.3 Å². The van der Waals surface area contributed by atoms with Crippen LogP contribution >= 0.6 is 0 Å². The van der Waals surface area contributed by atoms with Gasteiger partial charge in [0.15, 0.2) is 0 Å². The van der Waals surface area contributed by atoms with E-state index in [4.69, 9.17) is 4.74 Å². The van der Waals surface area contributed by atoms with Gasteiger partial charge in [-0.2, -0.15) is 0 Å². The molecule has 5 nitrogen and oxygen atoms in total. The molecular weight excluding hydrogens is 357 g/mol. The highest BCUT2D eigenvalue weighted by molar-refractivity contribution is 5.95. The van der Waals surface area contributed by atoms with Gasteiger partial charge in [-0.1, -0.05) is 18.2 Å². The number of fused-ring (bicyclic) bond motifs is 1. The SMILES string of the molecule is COc1ccc(-c2cnc3[nH]cc(CC(=O)Nc4cccc(F)c4)c3c2)cc1. The van der Waals surface area contributed by atoms with Crippen LogP contribution in [0.3, 0.4) is 0 Å². The van der Waals surface area contributed by atoms with Crippen LogP contribution in [-0.4, -0.2) is 23.0 Å². The molecule has 0 aliphatic carbocycles. The van der Waals surface area contributed by atoms with Crippen molar-refractivity contribution in [3.8, 4) is 16.9 Å². The van der Waals surface area contributed by atoms with Crippen molar-refractivity contribution in [2.24, 2.45) is 0 Å². The smallest absolute Gasteiger partial charge is 0.228 e. The van der Waals surface area contributed by atoms with Gasteiger partial charge in [0, 0.05) is 29.0 Å². The van der Waals surface area contributed by atoms with Gasteiger partial charge >= 0.3 is 0 Å². The average Bonchev–Trinajstić information content (AvgIpc) is 3.10. The third kappa shape index (κ3) is 3.71. The van der Waals surface area contributed by atoms with Crippen molar-refractivity contribution in [2.45, 2.75) is 6.42 Å². The number of carbonyl (C=O) groups excluding carboxylic acids is 1. The first kappa shape index (κ1) is 17.7. The number of aromatic nitrogens is 2. The number of nitrogens with zero attached hydrogens (tertiary/aromatic N) is 1. The molecule has 4 aromatic rings. The summed E-state index contributed by atoms with van der Waals surface area (Å²) in [5.74, 6) is 0.175. The summed E-state index contributed by atoms with van der Waals surface area (Å²) in [5, 5.41) is 3.60. The standard InChI is InChI=1S/C22H18FN3O2/c1-28-19-7-5-14(6-8-19)15-9-20-16(13-25-22(20)24-12-15)10-21(27)26-18-4-2-3-17(23)11-18/h2-9,11-13H,10H2,1H3,(H,24,25)(H,26,27). The molecule has 2 N–H and O–H groups in total. The number of nitrogens with one attached hydrogen (secondary N) is 2. The summed E-state index contributed by atoms with van der Waals surface area (Å²) in [6.07, 6.45) is 3.72. The van der Waals surface area contributed by atoms with Gasteiger partial charge in [-0.3, -0.25) is 4.79 Å². The Bertz CT molecular complexity index is 1140. The number of carbonyl (C=O) groups is 1. The monoisotopic (exact) mass is 375 g/mol. The molecule has 0 aliphatic heterocycles. The lowest BCUT2D eigenvalue weighted by Gasteiger charge is -2.06. The Balaban J connectivity index is 1.58. The number of methoxy groups -OCH3 is 1. The Labute approximate surface area is 161 Å². The minimum atomic E-state index is -0.391. The number of halogens is 1. The second-order valence-corrected chi connectivity index (χ2v) is 6.40. The van der Waals surface area contributed by atoms with Crippen LogP contribution in [0.2, 0.25) is 0 Å². The molecular formula is C22H18FN3O2. The van der Waals surface area contributed by atoms with Crippen LogP contribution in [0, 0.1) is 5.82 Å². The van der Waals surface area contributed by atoms with E-state index in [0.29, 0.717) is 11.3 Å². The Hall–Kier alpha value is -3.67. The van der Waals surface area contributed by atoms with Crippen LogP contribution in [0.1, 0.15) is 5.56 Å². The quantitative estimate of drug-likeness (QED) is 0.537. The summed E-state index contributed by atoms with van der Waals surface area (Å²) in [6.45, 7) is 0. The van der Waals surface area contributed by atoms with E-state index in [9.17, 15) is 9.18 Å². The van der Waals surface area contributed by atoms with E-state index in [0.717, 1.165) is 27.8 Å². The number of pyridine rings is 1. The molecule has 28 heavy (non-hydrogen) atoms. The Morgan fingerprint density at radius 2 is 1.96 bits per heavy atom. The van der Waals surface area contributed by atoms with E-state index >= 15 is 0 Å². The second-order valence-electron chi connectivity index (χ2n) is 6.40. The van der Waals surface area contributed by atoms with Crippen molar-refractivity contribution in [1.29, 1.82) is 0 Å². The van der Waals surface area contributed by atoms with Crippen molar-refractivity contribution in [1.82, 2.24) is 9.97 Å². The van der Waals surface area contributed by atoms with Crippen LogP contribution in [0.5, 0.6) is 5.75 Å². The molecule has 0 fully saturated rings. The van der Waals surface area contributed by atoms with Crippen LogP contribution < -0.4 is 10.1 Å². The Morgan fingerprint density at radius 3 is 2.71 bits per heavy atom. The van der Waals surface area contributed by atoms with Gasteiger partial charge in [-0.05, 0) is 47.5 Å². The van der Waals surface area contributed by atoms with Gasteiger partial charge in [0.2, 0.25) is 5.91 Å². The molecule has 0 spiro atoms. The highest BCUT2D eigenvalue weighted by Gasteiger charge is 2.12. The zero-order valence-corrected chi connectivity index (χ0v) is 15.2. The summed E-state index contributed by atoms with van der Waals surface area (Å²) < 4.78 is 18.5. The number of anilines is 1. The largest absolute Gasteiger partial charge is 0.497 e. The maximum atomic E-state index is 13.3. The minimum Gasteiger partial charge on any atom is -0.497 e. The molecule has 0 saturated heterocycles. The summed E-state index contributed by atoms with van der Waals surface area (Å²) in [7, 11) is 1.63. The van der Waals surface area contributed by atoms with Crippen molar-refractivity contribution in [3.63, 3.8) is 0 Å². The van der Waals surface area contributed by atoms with Crippen molar-refractivity contribution >= 4 is 22.6 Å². The number of benzene rings is 2. The summed E-state index contributed by atoms with van der Waals surface area (Å²) in [4.78, 5) is 19.9. The van der Waals surface area contributed by atoms with E-state index in [1.165, 1.54) is 12.1 Å². The van der Waals surface area contributed by atoms with Gasteiger partial charge in [0.25, 0.3) is 0 Å². The second kappa shape index (κ2) is 7.52. The summed E-state index contributed by atoms with van der Waals surface area (Å²) >= 11 is 0. The lowest BCUT2D eigenvalue weighted by atomic mass is 10.0. The first-order valence-corrected chi connectivity index (χ1v) is 8.78. The number of amides is 1. The fourth-order valence-electron chi connectivity index (χ4n) is 3.09. The summed E-state index contributed by atoms with van der Waals surface area (Å²) in [6, 6.07) is 15.5. The maximum Gasteiger partial charge on any atom is 0.228 e. The lowest BCUT2D eigenvalue weighted by molar-refractivity contribution is -0.115. The lowest BCUT2D eigenvalue weighted by Crippen LogP contribution is -2.14. The topological polar surface area (TPSA) is 67.0 Å². The normalized spacial score (nSPS) is 10.8. The van der Waals surface area contributed by atoms with Crippen molar-refractivity contribution in [3.05, 3.63) is 78.4 Å². The van der Waals surface area contributed by atoms with Crippen LogP contribution in [-0.2, 0) is 11.2 Å². The third-order valence-electron chi connectivity index (χ3n) is 4.50. The first-order chi connectivity index (χ1) is 13.6. The molecule has 1 amide bonds. The van der Waals surface area contributed by atoms with Crippen molar-refractivity contribution in [2.75, 3.05) is 12.4 Å². The first-order valence-electron chi connectivity index (χ1n) is 8.78. The molecule has 4 rings (SSSR count). The summed E-state index contributed by atoms with van der Waals surface area (Å²) in [5.41, 5.74) is 3.92. The molecule has 0 aliphatic rings. The third-order valence-corrected chi connectivity index (χ3v) is 4.50. The number of hydrogen-bond acceptors (Lipinski definition) is 3. The van der Waals surface area contributed by atoms with E-state index < -0.39 is 5.82 Å². The van der Waals surface area contributed by atoms with E-state index in [-0.39, 0.29) is 12.3 Å². The highest BCUT2D eigenvalue weighted by atomic mass is 19.1. The Kier molecular flexibility index (Phi) is 4.76. The number of hydrogen-bond donors (Lipinski definition) is 2. The van der Waals surface area contributed by atoms with Gasteiger partial charge in [-0.15, -0.1) is 0 Å². The molecule has 6 heteroatoms. The number of rotatable bonds is 5. The number of ether oxygens (including phenoxy) is 1. The van der Waals surface area contributed by atoms with Crippen molar-refractivity contribution < 1.29 is 13.9 Å². The van der Waals surface area contributed by atoms with Gasteiger partial charge in [0.05, 0.1) is 13.5 Å². The average molecular weight is 375 g/mol. The molecule has 0 radical (unpaired) electrons. The Morgan fingerprint density at radius 1 is 1.14 bits per heavy atom. The predicted octanol–water partition coefficient (Wildman–Crippen LogP) is 4.56. The predicted molar refractivity (Wildman–Crippen MR) is 107 cm³/mol. The fourth-order valence-corrected chi connectivity index (χ4v) is 3.09. The van der Waals surface area contributed by atoms with E-state index in [1.54, 1.807) is 31.6 Å². The van der Waals surface area contributed by atoms with Gasteiger partial charge < -0.3 is 15.0 Å². The van der Waals surface area contributed by atoms with Crippen LogP contribution in [0.15, 0.2) is 67.0 Å². The number of H-pyrrole nitrogens is 1. The van der Waals surface area contributed by atoms with Crippen LogP contribution in [0.4, 0.5) is 10.1 Å². The molecule has 0 saturated carbocycles. The van der Waals surface area contributed by atoms with Gasteiger partial charge in [-0.25, -0.2) is 9.37 Å². The fraction of sp³-hybridized carbons (Fsp3) is 0.0909. The molecule has 0 unspecified atom stereocenters. The zero-order valence-electron chi connectivity index (χ0n) is 15.2. The van der Waals surface area contributed by atoms with Gasteiger partial charge in [0.1, 0.15) is 17.2 Å². The van der Waals surface area contributed by atoms with E-state index in [2.05, 4.69) is 15.3 Å². The molecule has 140 valence electrons. The number of aromatic amines is 1. The molecule has 2 aromatic carbocycles. The molecule has 0 bridgehead atoms. The molecule has 0 atom stereocenters. The molecule has 2 heterocycles. The van der Waals surface area contributed by atoms with Crippen LogP contribution in [0.25, 0.3) is 22.2 Å². The molecule has 2 aromatic heterocycles.